The van der Waals surface area contributed by atoms with E-state index in [0.29, 0.717) is 12.5 Å². The third-order valence-corrected chi connectivity index (χ3v) is 3.63. The Morgan fingerprint density at radius 2 is 2.15 bits per heavy atom. The van der Waals surface area contributed by atoms with E-state index in [9.17, 15) is 5.11 Å². The molecule has 0 saturated heterocycles. The summed E-state index contributed by atoms with van der Waals surface area (Å²) in [6, 6.07) is 8.59. The maximum Gasteiger partial charge on any atom is 0.0502 e. The van der Waals surface area contributed by atoms with E-state index in [-0.39, 0.29) is 0 Å². The van der Waals surface area contributed by atoms with E-state index in [1.54, 1.807) is 0 Å². The van der Waals surface area contributed by atoms with Gasteiger partial charge < -0.3 is 5.11 Å². The summed E-state index contributed by atoms with van der Waals surface area (Å²) in [4.78, 5) is 0. The number of rotatable bonds is 1. The summed E-state index contributed by atoms with van der Waals surface area (Å²) in [5, 5.41) is 9.33. The molecule has 3 unspecified atom stereocenters. The summed E-state index contributed by atoms with van der Waals surface area (Å²) < 4.78 is 0. The highest BCUT2D eigenvalue weighted by atomic mass is 16.3. The van der Waals surface area contributed by atoms with Crippen molar-refractivity contribution in [1.82, 2.24) is 0 Å². The van der Waals surface area contributed by atoms with Crippen molar-refractivity contribution in [3.63, 3.8) is 0 Å². The molecule has 1 nitrogen and oxygen atoms in total. The largest absolute Gasteiger partial charge is 0.396 e. The Hall–Kier alpha value is -0.820. The lowest BCUT2D eigenvalue weighted by molar-refractivity contribution is 0.244. The average molecular weight is 174 g/mol. The van der Waals surface area contributed by atoms with Gasteiger partial charge >= 0.3 is 0 Å². The molecule has 13 heavy (non-hydrogen) atoms. The van der Waals surface area contributed by atoms with Gasteiger partial charge in [-0.05, 0) is 35.8 Å². The first-order valence-electron chi connectivity index (χ1n) is 5.09. The summed E-state index contributed by atoms with van der Waals surface area (Å²) in [7, 11) is 0. The molecule has 0 spiro atoms. The molecule has 0 radical (unpaired) electrons. The topological polar surface area (TPSA) is 20.2 Å². The molecule has 3 atom stereocenters. The van der Waals surface area contributed by atoms with Crippen LogP contribution in [0.5, 0.6) is 0 Å². The molecule has 68 valence electrons. The third-order valence-electron chi connectivity index (χ3n) is 3.63. The van der Waals surface area contributed by atoms with E-state index in [4.69, 9.17) is 0 Å². The molecule has 0 aromatic heterocycles. The fourth-order valence-corrected chi connectivity index (χ4v) is 2.83. The SMILES string of the molecule is OCC1c2ccccc2CC2CC21. The molecule has 0 amide bonds. The van der Waals surface area contributed by atoms with Crippen molar-refractivity contribution in [3.05, 3.63) is 35.4 Å². The molecule has 1 heteroatoms. The quantitative estimate of drug-likeness (QED) is 0.690. The molecule has 2 aliphatic rings. The Kier molecular flexibility index (Phi) is 1.50. The molecule has 3 rings (SSSR count). The zero-order chi connectivity index (χ0) is 8.84. The van der Waals surface area contributed by atoms with Crippen LogP contribution in [0.25, 0.3) is 0 Å². The molecular weight excluding hydrogens is 160 g/mol. The van der Waals surface area contributed by atoms with Crippen LogP contribution in [0.15, 0.2) is 24.3 Å². The van der Waals surface area contributed by atoms with Gasteiger partial charge in [0, 0.05) is 5.92 Å². The van der Waals surface area contributed by atoms with Gasteiger partial charge in [-0.2, -0.15) is 0 Å². The van der Waals surface area contributed by atoms with Gasteiger partial charge in [-0.25, -0.2) is 0 Å². The summed E-state index contributed by atoms with van der Waals surface area (Å²) >= 11 is 0. The molecule has 1 saturated carbocycles. The molecule has 2 aliphatic carbocycles. The summed E-state index contributed by atoms with van der Waals surface area (Å²) in [6.07, 6.45) is 2.58. The number of aliphatic hydroxyl groups is 1. The van der Waals surface area contributed by atoms with Gasteiger partial charge in [0.15, 0.2) is 0 Å². The second kappa shape index (κ2) is 2.58. The van der Waals surface area contributed by atoms with Gasteiger partial charge in [-0.3, -0.25) is 0 Å². The van der Waals surface area contributed by atoms with E-state index >= 15 is 0 Å². The fourth-order valence-electron chi connectivity index (χ4n) is 2.83. The number of fused-ring (bicyclic) bond motifs is 2. The lowest BCUT2D eigenvalue weighted by atomic mass is 9.83. The minimum Gasteiger partial charge on any atom is -0.396 e. The van der Waals surface area contributed by atoms with Crippen LogP contribution in [0.2, 0.25) is 0 Å². The van der Waals surface area contributed by atoms with Crippen LogP contribution in [0.4, 0.5) is 0 Å². The van der Waals surface area contributed by atoms with Crippen LogP contribution in [0.1, 0.15) is 23.5 Å². The standard InChI is InChI=1S/C12H14O/c13-7-12-10-4-2-1-3-8(10)5-9-6-11(9)12/h1-4,9,11-13H,5-7H2. The Morgan fingerprint density at radius 3 is 3.00 bits per heavy atom. The summed E-state index contributed by atoms with van der Waals surface area (Å²) in [5.41, 5.74) is 2.88. The molecule has 1 N–H and O–H groups in total. The van der Waals surface area contributed by atoms with E-state index in [1.165, 1.54) is 24.0 Å². The van der Waals surface area contributed by atoms with E-state index in [1.807, 2.05) is 0 Å². The van der Waals surface area contributed by atoms with Crippen molar-refractivity contribution in [2.24, 2.45) is 11.8 Å². The fraction of sp³-hybridized carbons (Fsp3) is 0.500. The first-order valence-corrected chi connectivity index (χ1v) is 5.09. The van der Waals surface area contributed by atoms with Gasteiger partial charge in [0.1, 0.15) is 0 Å². The molecular formula is C12H14O. The molecule has 0 heterocycles. The second-order valence-electron chi connectivity index (χ2n) is 4.35. The van der Waals surface area contributed by atoms with Crippen molar-refractivity contribution in [3.8, 4) is 0 Å². The molecule has 1 aromatic rings. The smallest absolute Gasteiger partial charge is 0.0502 e. The Labute approximate surface area is 78.4 Å². The van der Waals surface area contributed by atoms with Crippen molar-refractivity contribution in [2.45, 2.75) is 18.8 Å². The normalized spacial score (nSPS) is 35.0. The highest BCUT2D eigenvalue weighted by molar-refractivity contribution is 5.36. The van der Waals surface area contributed by atoms with Crippen LogP contribution < -0.4 is 0 Å². The Bertz CT molecular complexity index is 332. The zero-order valence-corrected chi connectivity index (χ0v) is 7.61. The lowest BCUT2D eigenvalue weighted by Crippen LogP contribution is -2.15. The van der Waals surface area contributed by atoms with E-state index in [0.717, 1.165) is 11.8 Å². The zero-order valence-electron chi connectivity index (χ0n) is 7.61. The van der Waals surface area contributed by atoms with Gasteiger partial charge in [0.2, 0.25) is 0 Å². The Balaban J connectivity index is 2.06. The summed E-state index contributed by atoms with van der Waals surface area (Å²) in [5.74, 6) is 2.11. The number of hydrogen-bond donors (Lipinski definition) is 1. The maximum absolute atomic E-state index is 9.33. The van der Waals surface area contributed by atoms with Crippen LogP contribution in [-0.2, 0) is 6.42 Å². The lowest BCUT2D eigenvalue weighted by Gasteiger charge is -2.23. The number of benzene rings is 1. The summed E-state index contributed by atoms with van der Waals surface area (Å²) in [6.45, 7) is 0.332. The first kappa shape index (κ1) is 7.57. The van der Waals surface area contributed by atoms with Crippen LogP contribution in [0.3, 0.4) is 0 Å². The predicted octanol–water partition coefficient (Wildman–Crippen LogP) is 1.95. The number of aliphatic hydroxyl groups excluding tert-OH is 1. The highest BCUT2D eigenvalue weighted by Gasteiger charge is 2.46. The van der Waals surface area contributed by atoms with Crippen molar-refractivity contribution in [1.29, 1.82) is 0 Å². The first-order chi connectivity index (χ1) is 6.40. The predicted molar refractivity (Wildman–Crippen MR) is 51.6 cm³/mol. The number of hydrogen-bond acceptors (Lipinski definition) is 1. The minimum absolute atomic E-state index is 0.332. The Morgan fingerprint density at radius 1 is 1.31 bits per heavy atom. The molecule has 1 aromatic carbocycles. The maximum atomic E-state index is 9.33. The molecule has 0 bridgehead atoms. The second-order valence-corrected chi connectivity index (χ2v) is 4.35. The molecule has 1 fully saturated rings. The van der Waals surface area contributed by atoms with Crippen molar-refractivity contribution in [2.75, 3.05) is 6.61 Å². The van der Waals surface area contributed by atoms with E-state index in [2.05, 4.69) is 24.3 Å². The van der Waals surface area contributed by atoms with Gasteiger partial charge in [-0.1, -0.05) is 24.3 Å². The van der Waals surface area contributed by atoms with Crippen LogP contribution in [-0.4, -0.2) is 11.7 Å². The van der Waals surface area contributed by atoms with Gasteiger partial charge in [-0.15, -0.1) is 0 Å². The highest BCUT2D eigenvalue weighted by Crippen LogP contribution is 2.54. The molecule has 0 aliphatic heterocycles. The van der Waals surface area contributed by atoms with Gasteiger partial charge in [0.05, 0.1) is 6.61 Å². The van der Waals surface area contributed by atoms with Crippen LogP contribution in [0, 0.1) is 11.8 Å². The van der Waals surface area contributed by atoms with Gasteiger partial charge in [0.25, 0.3) is 0 Å². The van der Waals surface area contributed by atoms with Crippen molar-refractivity contribution >= 4 is 0 Å². The average Bonchev–Trinajstić information content (AvgIpc) is 2.92. The van der Waals surface area contributed by atoms with Crippen molar-refractivity contribution < 1.29 is 5.11 Å². The minimum atomic E-state index is 0.332. The van der Waals surface area contributed by atoms with E-state index < -0.39 is 0 Å². The van der Waals surface area contributed by atoms with Crippen LogP contribution >= 0.6 is 0 Å². The monoisotopic (exact) mass is 174 g/mol. The third kappa shape index (κ3) is 1.03.